The largest absolute Gasteiger partial charge is 0.459 e. The molecule has 1 aliphatic heterocycles. The Morgan fingerprint density at radius 3 is 2.71 bits per heavy atom. The predicted molar refractivity (Wildman–Crippen MR) is 85.7 cm³/mol. The Kier molecular flexibility index (Phi) is 4.64. The molecule has 1 aromatic carbocycles. The first-order valence-corrected chi connectivity index (χ1v) is 7.96. The molecule has 24 heavy (non-hydrogen) atoms. The highest BCUT2D eigenvalue weighted by atomic mass is 19.1. The van der Waals surface area contributed by atoms with Gasteiger partial charge in [0.05, 0.1) is 12.3 Å². The Labute approximate surface area is 139 Å². The molecule has 2 heterocycles. The van der Waals surface area contributed by atoms with Gasteiger partial charge in [0.1, 0.15) is 11.9 Å². The fourth-order valence-corrected chi connectivity index (χ4v) is 3.05. The first-order valence-electron chi connectivity index (χ1n) is 7.96. The van der Waals surface area contributed by atoms with E-state index in [0.717, 1.165) is 18.4 Å². The third-order valence-electron chi connectivity index (χ3n) is 4.25. The average Bonchev–Trinajstić information content (AvgIpc) is 3.26. The van der Waals surface area contributed by atoms with E-state index in [1.54, 1.807) is 36.1 Å². The average molecular weight is 330 g/mol. The van der Waals surface area contributed by atoms with Crippen LogP contribution in [0.5, 0.6) is 0 Å². The summed E-state index contributed by atoms with van der Waals surface area (Å²) in [5.41, 5.74) is 0.909. The zero-order valence-corrected chi connectivity index (χ0v) is 13.4. The van der Waals surface area contributed by atoms with Gasteiger partial charge in [0.25, 0.3) is 5.91 Å². The van der Waals surface area contributed by atoms with Gasteiger partial charge in [0.15, 0.2) is 5.76 Å². The molecular formula is C18H19FN2O3. The van der Waals surface area contributed by atoms with Gasteiger partial charge in [-0.15, -0.1) is 0 Å². The van der Waals surface area contributed by atoms with E-state index in [2.05, 4.69) is 5.32 Å². The molecule has 0 radical (unpaired) electrons. The number of halogens is 1. The third-order valence-corrected chi connectivity index (χ3v) is 4.25. The standard InChI is InChI=1S/C18H19FN2O3/c1-12(20-17(22)16-5-3-11-24-16)18(23)21-10-2-4-15(21)13-6-8-14(19)9-7-13/h3,5-9,11-12,15H,2,4,10H2,1H3,(H,20,22). The number of likely N-dealkylation sites (tertiary alicyclic amines) is 1. The van der Waals surface area contributed by atoms with Crippen molar-refractivity contribution in [2.75, 3.05) is 6.54 Å². The molecule has 1 fully saturated rings. The molecule has 5 nitrogen and oxygen atoms in total. The minimum absolute atomic E-state index is 0.0823. The molecule has 6 heteroatoms. The Morgan fingerprint density at radius 2 is 2.04 bits per heavy atom. The fourth-order valence-electron chi connectivity index (χ4n) is 3.05. The Morgan fingerprint density at radius 1 is 1.29 bits per heavy atom. The lowest BCUT2D eigenvalue weighted by atomic mass is 10.0. The quantitative estimate of drug-likeness (QED) is 0.937. The highest BCUT2D eigenvalue weighted by Gasteiger charge is 2.33. The molecular weight excluding hydrogens is 311 g/mol. The third kappa shape index (κ3) is 3.32. The highest BCUT2D eigenvalue weighted by Crippen LogP contribution is 2.32. The van der Waals surface area contributed by atoms with Crippen molar-refractivity contribution in [3.63, 3.8) is 0 Å². The van der Waals surface area contributed by atoms with Crippen molar-refractivity contribution in [3.8, 4) is 0 Å². The maximum Gasteiger partial charge on any atom is 0.287 e. The maximum atomic E-state index is 13.1. The number of furan rings is 1. The summed E-state index contributed by atoms with van der Waals surface area (Å²) in [6, 6.07) is 8.63. The number of nitrogens with one attached hydrogen (secondary N) is 1. The van der Waals surface area contributed by atoms with Crippen molar-refractivity contribution < 1.29 is 18.4 Å². The molecule has 1 aliphatic rings. The van der Waals surface area contributed by atoms with Crippen LogP contribution in [0.1, 0.15) is 41.9 Å². The summed E-state index contributed by atoms with van der Waals surface area (Å²) >= 11 is 0. The molecule has 126 valence electrons. The second-order valence-corrected chi connectivity index (χ2v) is 5.91. The molecule has 2 amide bonds. The van der Waals surface area contributed by atoms with Crippen LogP contribution < -0.4 is 5.32 Å². The lowest BCUT2D eigenvalue weighted by Crippen LogP contribution is -2.46. The van der Waals surface area contributed by atoms with Crippen molar-refractivity contribution in [2.45, 2.75) is 31.8 Å². The number of nitrogens with zero attached hydrogens (tertiary/aromatic N) is 1. The summed E-state index contributed by atoms with van der Waals surface area (Å²) in [4.78, 5) is 26.5. The zero-order chi connectivity index (χ0) is 17.1. The number of carbonyl (C=O) groups excluding carboxylic acids is 2. The van der Waals surface area contributed by atoms with E-state index in [1.807, 2.05) is 0 Å². The van der Waals surface area contributed by atoms with Crippen LogP contribution in [-0.2, 0) is 4.79 Å². The van der Waals surface area contributed by atoms with Gasteiger partial charge >= 0.3 is 0 Å². The summed E-state index contributed by atoms with van der Waals surface area (Å²) in [7, 11) is 0. The monoisotopic (exact) mass is 330 g/mol. The van der Waals surface area contributed by atoms with Crippen LogP contribution in [-0.4, -0.2) is 29.3 Å². The van der Waals surface area contributed by atoms with E-state index in [1.165, 1.54) is 18.4 Å². The molecule has 1 saturated heterocycles. The van der Waals surface area contributed by atoms with Gasteiger partial charge in [0.2, 0.25) is 5.91 Å². The summed E-state index contributed by atoms with van der Waals surface area (Å²) in [6.07, 6.45) is 3.12. The second kappa shape index (κ2) is 6.86. The SMILES string of the molecule is CC(NC(=O)c1ccco1)C(=O)N1CCCC1c1ccc(F)cc1. The number of hydrogen-bond acceptors (Lipinski definition) is 3. The second-order valence-electron chi connectivity index (χ2n) is 5.91. The van der Waals surface area contributed by atoms with E-state index in [4.69, 9.17) is 4.42 Å². The van der Waals surface area contributed by atoms with Crippen molar-refractivity contribution in [1.29, 1.82) is 0 Å². The Balaban J connectivity index is 1.68. The number of rotatable bonds is 4. The summed E-state index contributed by atoms with van der Waals surface area (Å²) in [6.45, 7) is 2.28. The molecule has 2 unspecified atom stereocenters. The zero-order valence-electron chi connectivity index (χ0n) is 13.4. The highest BCUT2D eigenvalue weighted by molar-refractivity contribution is 5.95. The molecule has 0 bridgehead atoms. The number of benzene rings is 1. The maximum absolute atomic E-state index is 13.1. The molecule has 2 aromatic rings. The van der Waals surface area contributed by atoms with Crippen LogP contribution >= 0.6 is 0 Å². The van der Waals surface area contributed by atoms with E-state index in [9.17, 15) is 14.0 Å². The van der Waals surface area contributed by atoms with Gasteiger partial charge in [-0.3, -0.25) is 9.59 Å². The first-order chi connectivity index (χ1) is 11.6. The fraction of sp³-hybridized carbons (Fsp3) is 0.333. The molecule has 0 spiro atoms. The lowest BCUT2D eigenvalue weighted by molar-refractivity contribution is -0.133. The normalized spacial score (nSPS) is 18.4. The van der Waals surface area contributed by atoms with Crippen LogP contribution in [0.2, 0.25) is 0 Å². The van der Waals surface area contributed by atoms with E-state index < -0.39 is 11.9 Å². The summed E-state index contributed by atoms with van der Waals surface area (Å²) < 4.78 is 18.1. The van der Waals surface area contributed by atoms with Crippen LogP contribution in [0.3, 0.4) is 0 Å². The number of amides is 2. The molecule has 0 saturated carbocycles. The van der Waals surface area contributed by atoms with Crippen LogP contribution in [0.25, 0.3) is 0 Å². The Hall–Kier alpha value is -2.63. The first kappa shape index (κ1) is 16.2. The van der Waals surface area contributed by atoms with E-state index >= 15 is 0 Å². The van der Waals surface area contributed by atoms with Crippen LogP contribution in [0.15, 0.2) is 47.1 Å². The number of hydrogen-bond donors (Lipinski definition) is 1. The van der Waals surface area contributed by atoms with Crippen LogP contribution in [0, 0.1) is 5.82 Å². The van der Waals surface area contributed by atoms with E-state index in [-0.39, 0.29) is 23.5 Å². The molecule has 1 N–H and O–H groups in total. The minimum atomic E-state index is -0.663. The van der Waals surface area contributed by atoms with Gasteiger partial charge in [-0.05, 0) is 49.6 Å². The Bertz CT molecular complexity index is 712. The van der Waals surface area contributed by atoms with Gasteiger partial charge in [0, 0.05) is 6.54 Å². The molecule has 1 aromatic heterocycles. The van der Waals surface area contributed by atoms with Gasteiger partial charge < -0.3 is 14.6 Å². The van der Waals surface area contributed by atoms with Gasteiger partial charge in [-0.2, -0.15) is 0 Å². The van der Waals surface area contributed by atoms with E-state index in [0.29, 0.717) is 6.54 Å². The molecule has 0 aliphatic carbocycles. The van der Waals surface area contributed by atoms with Crippen molar-refractivity contribution in [2.24, 2.45) is 0 Å². The number of carbonyl (C=O) groups is 2. The molecule has 2 atom stereocenters. The van der Waals surface area contributed by atoms with Crippen molar-refractivity contribution in [1.82, 2.24) is 10.2 Å². The minimum Gasteiger partial charge on any atom is -0.459 e. The topological polar surface area (TPSA) is 62.6 Å². The van der Waals surface area contributed by atoms with Gasteiger partial charge in [-0.25, -0.2) is 4.39 Å². The van der Waals surface area contributed by atoms with Crippen LogP contribution in [0.4, 0.5) is 4.39 Å². The van der Waals surface area contributed by atoms with Gasteiger partial charge in [-0.1, -0.05) is 12.1 Å². The summed E-state index contributed by atoms with van der Waals surface area (Å²) in [5, 5.41) is 2.66. The predicted octanol–water partition coefficient (Wildman–Crippen LogP) is 2.90. The van der Waals surface area contributed by atoms with Crippen molar-refractivity contribution in [3.05, 3.63) is 59.8 Å². The summed E-state index contributed by atoms with van der Waals surface area (Å²) in [5.74, 6) is -0.694. The lowest BCUT2D eigenvalue weighted by Gasteiger charge is -2.28. The van der Waals surface area contributed by atoms with Crippen molar-refractivity contribution >= 4 is 11.8 Å². The molecule has 3 rings (SSSR count). The smallest absolute Gasteiger partial charge is 0.287 e.